The van der Waals surface area contributed by atoms with E-state index < -0.39 is 0 Å². The SMILES string of the molecule is CN(CC1CC(O)C1)CC1COCCC1N. The monoisotopic (exact) mass is 228 g/mol. The Morgan fingerprint density at radius 2 is 2.12 bits per heavy atom. The predicted molar refractivity (Wildman–Crippen MR) is 63.1 cm³/mol. The highest BCUT2D eigenvalue weighted by atomic mass is 16.5. The molecule has 16 heavy (non-hydrogen) atoms. The molecule has 0 amide bonds. The molecule has 2 atom stereocenters. The van der Waals surface area contributed by atoms with E-state index in [4.69, 9.17) is 10.5 Å². The van der Waals surface area contributed by atoms with Crippen molar-refractivity contribution in [2.75, 3.05) is 33.4 Å². The molecule has 1 aliphatic heterocycles. The van der Waals surface area contributed by atoms with E-state index in [1.165, 1.54) is 0 Å². The van der Waals surface area contributed by atoms with Crippen LogP contribution < -0.4 is 5.73 Å². The summed E-state index contributed by atoms with van der Waals surface area (Å²) in [6.07, 6.45) is 2.88. The average molecular weight is 228 g/mol. The maximum Gasteiger partial charge on any atom is 0.0546 e. The zero-order chi connectivity index (χ0) is 11.5. The molecule has 94 valence electrons. The second-order valence-electron chi connectivity index (χ2n) is 5.50. The molecular weight excluding hydrogens is 204 g/mol. The van der Waals surface area contributed by atoms with E-state index in [2.05, 4.69) is 11.9 Å². The molecule has 2 aliphatic rings. The van der Waals surface area contributed by atoms with Gasteiger partial charge in [0.1, 0.15) is 0 Å². The third kappa shape index (κ3) is 3.17. The van der Waals surface area contributed by atoms with Crippen molar-refractivity contribution in [3.63, 3.8) is 0 Å². The van der Waals surface area contributed by atoms with Crippen LogP contribution in [0.2, 0.25) is 0 Å². The van der Waals surface area contributed by atoms with Gasteiger partial charge in [-0.05, 0) is 32.2 Å². The van der Waals surface area contributed by atoms with Crippen LogP contribution in [0, 0.1) is 11.8 Å². The third-order valence-electron chi connectivity index (χ3n) is 3.86. The molecule has 0 aromatic rings. The number of ether oxygens (including phenoxy) is 1. The topological polar surface area (TPSA) is 58.7 Å². The molecule has 4 heteroatoms. The highest BCUT2D eigenvalue weighted by Gasteiger charge is 2.29. The summed E-state index contributed by atoms with van der Waals surface area (Å²) < 4.78 is 5.47. The summed E-state index contributed by atoms with van der Waals surface area (Å²) in [6.45, 7) is 3.73. The smallest absolute Gasteiger partial charge is 0.0546 e. The number of nitrogens with two attached hydrogens (primary N) is 1. The lowest BCUT2D eigenvalue weighted by atomic mass is 9.82. The fourth-order valence-electron chi connectivity index (χ4n) is 2.77. The van der Waals surface area contributed by atoms with Crippen LogP contribution in [0.15, 0.2) is 0 Å². The number of aliphatic hydroxyl groups excluding tert-OH is 1. The number of hydrogen-bond acceptors (Lipinski definition) is 4. The Morgan fingerprint density at radius 3 is 2.75 bits per heavy atom. The minimum Gasteiger partial charge on any atom is -0.393 e. The van der Waals surface area contributed by atoms with Gasteiger partial charge in [0, 0.05) is 31.7 Å². The van der Waals surface area contributed by atoms with Crippen molar-refractivity contribution >= 4 is 0 Å². The number of aliphatic hydroxyl groups is 1. The largest absolute Gasteiger partial charge is 0.393 e. The summed E-state index contributed by atoms with van der Waals surface area (Å²) in [4.78, 5) is 2.34. The summed E-state index contributed by atoms with van der Waals surface area (Å²) in [6, 6.07) is 0.295. The van der Waals surface area contributed by atoms with Gasteiger partial charge in [-0.2, -0.15) is 0 Å². The van der Waals surface area contributed by atoms with Gasteiger partial charge in [-0.3, -0.25) is 0 Å². The molecule has 0 radical (unpaired) electrons. The van der Waals surface area contributed by atoms with Crippen LogP contribution in [-0.4, -0.2) is 55.5 Å². The van der Waals surface area contributed by atoms with Crippen molar-refractivity contribution < 1.29 is 9.84 Å². The first-order chi connectivity index (χ1) is 7.65. The molecular formula is C12H24N2O2. The Bertz CT molecular complexity index is 219. The Kier molecular flexibility index (Phi) is 4.19. The van der Waals surface area contributed by atoms with Crippen LogP contribution in [0.1, 0.15) is 19.3 Å². The molecule has 1 saturated carbocycles. The van der Waals surface area contributed by atoms with Crippen LogP contribution in [0.25, 0.3) is 0 Å². The molecule has 3 N–H and O–H groups in total. The van der Waals surface area contributed by atoms with Crippen molar-refractivity contribution in [2.45, 2.75) is 31.4 Å². The first-order valence-corrected chi connectivity index (χ1v) is 6.35. The van der Waals surface area contributed by atoms with Crippen LogP contribution in [0.3, 0.4) is 0 Å². The zero-order valence-corrected chi connectivity index (χ0v) is 10.1. The van der Waals surface area contributed by atoms with Crippen LogP contribution in [-0.2, 0) is 4.74 Å². The van der Waals surface area contributed by atoms with Crippen molar-refractivity contribution in [3.05, 3.63) is 0 Å². The van der Waals surface area contributed by atoms with Crippen molar-refractivity contribution in [2.24, 2.45) is 17.6 Å². The normalized spacial score (nSPS) is 39.8. The number of hydrogen-bond donors (Lipinski definition) is 2. The standard InChI is InChI=1S/C12H24N2O2/c1-14(6-9-4-11(15)5-9)7-10-8-16-3-2-12(10)13/h9-12,15H,2-8,13H2,1H3. The van der Waals surface area contributed by atoms with Gasteiger partial charge in [-0.15, -0.1) is 0 Å². The second kappa shape index (κ2) is 5.45. The van der Waals surface area contributed by atoms with Gasteiger partial charge >= 0.3 is 0 Å². The lowest BCUT2D eigenvalue weighted by Crippen LogP contribution is -2.46. The summed E-state index contributed by atoms with van der Waals surface area (Å²) in [5.41, 5.74) is 6.08. The second-order valence-corrected chi connectivity index (χ2v) is 5.50. The molecule has 2 fully saturated rings. The summed E-state index contributed by atoms with van der Waals surface area (Å²) in [5.74, 6) is 1.16. The Balaban J connectivity index is 1.67. The van der Waals surface area contributed by atoms with Crippen molar-refractivity contribution in [1.82, 2.24) is 4.90 Å². The zero-order valence-electron chi connectivity index (χ0n) is 10.1. The van der Waals surface area contributed by atoms with Gasteiger partial charge in [0.15, 0.2) is 0 Å². The fraction of sp³-hybridized carbons (Fsp3) is 1.00. The van der Waals surface area contributed by atoms with Crippen molar-refractivity contribution in [1.29, 1.82) is 0 Å². The van der Waals surface area contributed by atoms with Crippen LogP contribution in [0.4, 0.5) is 0 Å². The Hall–Kier alpha value is -0.160. The first kappa shape index (κ1) is 12.3. The number of nitrogens with zero attached hydrogens (tertiary/aromatic N) is 1. The average Bonchev–Trinajstić information content (AvgIpc) is 2.19. The summed E-state index contributed by atoms with van der Waals surface area (Å²) in [7, 11) is 2.14. The van der Waals surface area contributed by atoms with Gasteiger partial charge < -0.3 is 20.5 Å². The number of rotatable bonds is 4. The predicted octanol–water partition coefficient (Wildman–Crippen LogP) is 0.0529. The molecule has 1 heterocycles. The molecule has 0 spiro atoms. The van der Waals surface area contributed by atoms with E-state index in [1.807, 2.05) is 0 Å². The molecule has 0 aromatic carbocycles. The maximum atomic E-state index is 9.24. The highest BCUT2D eigenvalue weighted by molar-refractivity contribution is 4.83. The van der Waals surface area contributed by atoms with E-state index in [0.717, 1.165) is 45.6 Å². The molecule has 2 unspecified atom stereocenters. The summed E-state index contributed by atoms with van der Waals surface area (Å²) >= 11 is 0. The van der Waals surface area contributed by atoms with E-state index in [-0.39, 0.29) is 6.10 Å². The minimum atomic E-state index is -0.0429. The van der Waals surface area contributed by atoms with E-state index in [0.29, 0.717) is 17.9 Å². The molecule has 1 saturated heterocycles. The van der Waals surface area contributed by atoms with Gasteiger partial charge in [0.25, 0.3) is 0 Å². The van der Waals surface area contributed by atoms with Gasteiger partial charge in [-0.25, -0.2) is 0 Å². The summed E-state index contributed by atoms with van der Waals surface area (Å²) in [5, 5.41) is 9.24. The van der Waals surface area contributed by atoms with Gasteiger partial charge in [0.05, 0.1) is 12.7 Å². The Labute approximate surface area is 97.7 Å². The quantitative estimate of drug-likeness (QED) is 0.714. The fourth-order valence-corrected chi connectivity index (χ4v) is 2.77. The molecule has 4 nitrogen and oxygen atoms in total. The lowest BCUT2D eigenvalue weighted by Gasteiger charge is -2.37. The van der Waals surface area contributed by atoms with E-state index >= 15 is 0 Å². The minimum absolute atomic E-state index is 0.0429. The lowest BCUT2D eigenvalue weighted by molar-refractivity contribution is 0.00761. The third-order valence-corrected chi connectivity index (χ3v) is 3.86. The highest BCUT2D eigenvalue weighted by Crippen LogP contribution is 2.28. The van der Waals surface area contributed by atoms with Gasteiger partial charge in [0.2, 0.25) is 0 Å². The van der Waals surface area contributed by atoms with E-state index in [9.17, 15) is 5.11 Å². The first-order valence-electron chi connectivity index (χ1n) is 6.35. The Morgan fingerprint density at radius 1 is 1.38 bits per heavy atom. The van der Waals surface area contributed by atoms with Gasteiger partial charge in [-0.1, -0.05) is 0 Å². The van der Waals surface area contributed by atoms with Crippen molar-refractivity contribution in [3.8, 4) is 0 Å². The van der Waals surface area contributed by atoms with E-state index in [1.54, 1.807) is 0 Å². The molecule has 1 aliphatic carbocycles. The van der Waals surface area contributed by atoms with Crippen LogP contribution >= 0.6 is 0 Å². The molecule has 0 aromatic heterocycles. The molecule has 2 rings (SSSR count). The van der Waals surface area contributed by atoms with Crippen LogP contribution in [0.5, 0.6) is 0 Å². The molecule has 0 bridgehead atoms. The maximum absolute atomic E-state index is 9.24.